The number of aromatic amines is 1. The van der Waals surface area contributed by atoms with Gasteiger partial charge in [0, 0.05) is 42.3 Å². The fraction of sp³-hybridized carbons (Fsp3) is 0.580. The number of carbonyl (C=O) groups excluding carboxylic acids is 8. The Morgan fingerprint density at radius 3 is 2.00 bits per heavy atom. The number of ether oxygens (including phenoxy) is 5. The monoisotopic (exact) mass is 1410 g/mol. The zero-order chi connectivity index (χ0) is 71.1. The fourth-order valence-electron chi connectivity index (χ4n) is 9.15. The zero-order valence-electron chi connectivity index (χ0n) is 50.5. The van der Waals surface area contributed by atoms with Crippen LogP contribution < -0.4 is 61.0 Å². The number of nitrogens with one attached hydrogen (secondary N) is 6. The van der Waals surface area contributed by atoms with Gasteiger partial charge in [0.1, 0.15) is 94.6 Å². The number of rotatable bonds is 31. The number of imidazole rings is 1. The van der Waals surface area contributed by atoms with Gasteiger partial charge in [-0.1, -0.05) is 6.92 Å². The molecule has 19 atom stereocenters. The minimum atomic E-state index is -4.67. The second-order valence-electron chi connectivity index (χ2n) is 21.3. The highest BCUT2D eigenvalue weighted by Crippen LogP contribution is 2.35. The van der Waals surface area contributed by atoms with Gasteiger partial charge in [0.15, 0.2) is 18.7 Å². The van der Waals surface area contributed by atoms with E-state index in [-0.39, 0.29) is 48.1 Å². The third-order valence-electron chi connectivity index (χ3n) is 14.3. The maximum Gasteiger partial charge on any atom is 0.404 e. The molecule has 95 heavy (non-hydrogen) atoms. The van der Waals surface area contributed by atoms with Crippen LogP contribution >= 0.6 is 22.7 Å². The highest BCUT2D eigenvalue weighted by Gasteiger charge is 2.54. The molecule has 528 valence electrons. The van der Waals surface area contributed by atoms with Crippen molar-refractivity contribution in [2.45, 2.75) is 150 Å². The van der Waals surface area contributed by atoms with Gasteiger partial charge in [-0.15, -0.1) is 22.7 Å². The molecular formula is C50H75N17O25S3. The van der Waals surface area contributed by atoms with E-state index in [1.807, 2.05) is 0 Å². The predicted molar refractivity (Wildman–Crippen MR) is 320 cm³/mol. The van der Waals surface area contributed by atoms with E-state index in [1.54, 1.807) is 5.38 Å². The van der Waals surface area contributed by atoms with Crippen molar-refractivity contribution in [3.8, 4) is 10.7 Å². The summed E-state index contributed by atoms with van der Waals surface area (Å²) in [7, 11) is -4.67. The first kappa shape index (κ1) is 77.9. The van der Waals surface area contributed by atoms with Crippen LogP contribution in [0.15, 0.2) is 23.3 Å². The van der Waals surface area contributed by atoms with E-state index in [4.69, 9.17) is 75.6 Å². The number of thiazole rings is 2. The maximum atomic E-state index is 15.1. The Bertz CT molecular complexity index is 3400. The molecule has 8 amide bonds. The van der Waals surface area contributed by atoms with E-state index in [1.165, 1.54) is 44.4 Å². The molecule has 0 spiro atoms. The quantitative estimate of drug-likeness (QED) is 0.0208. The number of aliphatic hydroxyl groups excluding tert-OH is 8. The second kappa shape index (κ2) is 34.8. The lowest BCUT2D eigenvalue weighted by Crippen LogP contribution is -2.65. The van der Waals surface area contributed by atoms with Crippen LogP contribution in [0.3, 0.4) is 0 Å². The van der Waals surface area contributed by atoms with Crippen molar-refractivity contribution in [2.75, 3.05) is 32.0 Å². The molecule has 2 fully saturated rings. The number of primary amides is 4. The number of nitrogens with two attached hydrogens (primary N) is 6. The molecule has 0 bridgehead atoms. The third kappa shape index (κ3) is 21.6. The van der Waals surface area contributed by atoms with Crippen LogP contribution in [0.5, 0.6) is 0 Å². The summed E-state index contributed by atoms with van der Waals surface area (Å²) in [6, 6.07) is -7.85. The van der Waals surface area contributed by atoms with Gasteiger partial charge in [-0.2, -0.15) is 8.42 Å². The molecule has 6 heterocycles. The lowest BCUT2D eigenvalue weighted by atomic mass is 9.96. The van der Waals surface area contributed by atoms with Gasteiger partial charge >= 0.3 is 16.5 Å². The summed E-state index contributed by atoms with van der Waals surface area (Å²) in [6.45, 7) is 2.60. The topological polar surface area (TPSA) is 716 Å². The SMILES string of the molecule is Cc1c(N)nc([C@H](CC(N)=O)NC[C@H](N)C(N)=O)nc1C(=O)N[C@H](C(=O)N[C@H](C)[C@@H](O)[C@H](C)C(=O)N[C@@H](C(=O)NCCc1nc(-c2nc(C(N)=O)cs2)cs1)[C@@H](C)O)[C@@H](OC1O[C@@H](CO)[C@@H](O)[C@H](O)[C@@H]1O[C@H]1O[C@H](CO)[C@@H](O)[C@H](OC(N)=O)[C@@H]1O)c1cnc[nH]1.O=S(=O)(O)O. The first-order valence-electron chi connectivity index (χ1n) is 28.1. The fourth-order valence-corrected chi connectivity index (χ4v) is 10.8. The van der Waals surface area contributed by atoms with Gasteiger partial charge in [0.05, 0.1) is 72.7 Å². The highest BCUT2D eigenvalue weighted by atomic mass is 32.3. The minimum absolute atomic E-state index is 0.0170. The van der Waals surface area contributed by atoms with Crippen LogP contribution in [0, 0.1) is 12.8 Å². The van der Waals surface area contributed by atoms with E-state index >= 15 is 4.79 Å². The summed E-state index contributed by atoms with van der Waals surface area (Å²) < 4.78 is 60.2. The molecule has 4 aromatic rings. The molecule has 2 aliphatic heterocycles. The average molecular weight is 1410 g/mol. The Morgan fingerprint density at radius 2 is 1.43 bits per heavy atom. The molecule has 28 N–H and O–H groups in total. The van der Waals surface area contributed by atoms with Gasteiger partial charge < -0.3 is 131 Å². The molecule has 2 aliphatic rings. The van der Waals surface area contributed by atoms with Crippen LogP contribution in [0.4, 0.5) is 10.6 Å². The number of carbonyl (C=O) groups is 8. The first-order chi connectivity index (χ1) is 44.5. The number of H-pyrrole nitrogens is 1. The van der Waals surface area contributed by atoms with Crippen LogP contribution in [0.1, 0.15) is 82.4 Å². The molecule has 6 rings (SSSR count). The van der Waals surface area contributed by atoms with Gasteiger partial charge in [0.25, 0.3) is 11.8 Å². The molecule has 0 aliphatic carbocycles. The van der Waals surface area contributed by atoms with Gasteiger partial charge in [-0.25, -0.2) is 29.7 Å². The Balaban J connectivity index is 0.00000314. The van der Waals surface area contributed by atoms with Gasteiger partial charge in [-0.3, -0.25) is 42.7 Å². The smallest absolute Gasteiger partial charge is 0.404 e. The summed E-state index contributed by atoms with van der Waals surface area (Å²) in [4.78, 5) is 129. The number of nitrogen functional groups attached to an aromatic ring is 1. The molecule has 0 saturated carbocycles. The van der Waals surface area contributed by atoms with E-state index in [9.17, 15) is 74.4 Å². The molecule has 1 unspecified atom stereocenters. The van der Waals surface area contributed by atoms with Crippen molar-refractivity contribution >= 4 is 86.3 Å². The average Bonchev–Trinajstić information content (AvgIpc) is 1.45. The Hall–Kier alpha value is -7.78. The number of aromatic nitrogens is 6. The number of aliphatic hydroxyl groups is 8. The lowest BCUT2D eigenvalue weighted by molar-refractivity contribution is -0.372. The Kier molecular flexibility index (Phi) is 28.5. The Morgan fingerprint density at radius 1 is 0.789 bits per heavy atom. The molecular weight excluding hydrogens is 1330 g/mol. The van der Waals surface area contributed by atoms with Gasteiger partial charge in [-0.05, 0) is 20.8 Å². The largest absolute Gasteiger partial charge is 0.441 e. The van der Waals surface area contributed by atoms with Crippen molar-refractivity contribution in [3.63, 3.8) is 0 Å². The van der Waals surface area contributed by atoms with Crippen LogP contribution in [0.2, 0.25) is 0 Å². The summed E-state index contributed by atoms with van der Waals surface area (Å²) >= 11 is 2.40. The molecule has 45 heteroatoms. The lowest BCUT2D eigenvalue weighted by Gasteiger charge is -2.47. The molecule has 0 radical (unpaired) electrons. The van der Waals surface area contributed by atoms with Crippen molar-refractivity contribution in [3.05, 3.63) is 56.8 Å². The van der Waals surface area contributed by atoms with Crippen molar-refractivity contribution in [1.29, 1.82) is 0 Å². The normalized spacial score (nSPS) is 24.1. The standard InChI is InChI=1S/C50H73N17O21S2.H2O4S/c1-15-28(64-42(67-39(15)53)20(7-26(52)71)59-8-19(51)40(54)77)45(81)66-30(36(21-9-57-14-60-21)86-49-38(34(75)32(73)24(10-68)85-49)87-48-35(76)37(88-50(56)83)33(74)25(11-69)84-48)46(82)61-17(3)31(72)16(2)43(79)65-29(18(4)70)44(80)58-6-5-27-62-23(13-89-27)47-63-22(12-90-47)41(55)78;1-5(2,3)4/h9,12-14,16-20,24-25,29-38,48-49,59,68-70,72-76H,5-8,10-11,51H2,1-4H3,(H2,52,71)(H2,54,77)(H2,55,78)(H2,56,83)(H,57,60)(H,58,80)(H,61,82)(H,65,79)(H,66,81)(H2,53,64,67);(H2,1,2,3,4)/t16-,17+,18+,19-,20-,24-,25+,29+,30-,31-,32+,33+,34-,35-,36-,37-,38-,48+,49?;/m0./s1. The third-order valence-corrected chi connectivity index (χ3v) is 16.1. The van der Waals surface area contributed by atoms with E-state index in [0.717, 1.165) is 23.9 Å². The summed E-state index contributed by atoms with van der Waals surface area (Å²) in [5, 5.41) is 105. The van der Waals surface area contributed by atoms with Crippen molar-refractivity contribution in [1.82, 2.24) is 56.5 Å². The number of hydrogen-bond acceptors (Lipinski definition) is 33. The molecule has 2 saturated heterocycles. The number of anilines is 1. The number of hydrogen-bond donors (Lipinski definition) is 22. The van der Waals surface area contributed by atoms with E-state index < -0.39 is 199 Å². The second-order valence-corrected chi connectivity index (χ2v) is 24.0. The maximum absolute atomic E-state index is 15.1. The predicted octanol–water partition coefficient (Wildman–Crippen LogP) is -9.26. The number of nitrogens with zero attached hydrogens (tertiary/aromatic N) is 5. The summed E-state index contributed by atoms with van der Waals surface area (Å²) in [5.74, 6) is -9.13. The zero-order valence-corrected chi connectivity index (χ0v) is 53.0. The highest BCUT2D eigenvalue weighted by molar-refractivity contribution is 7.79. The molecule has 4 aromatic heterocycles. The van der Waals surface area contributed by atoms with Crippen LogP contribution in [-0.2, 0) is 64.5 Å². The van der Waals surface area contributed by atoms with Gasteiger partial charge in [0.2, 0.25) is 29.5 Å². The molecule has 0 aromatic carbocycles. The van der Waals surface area contributed by atoms with Crippen molar-refractivity contribution in [2.24, 2.45) is 34.6 Å². The Labute approximate surface area is 545 Å². The van der Waals surface area contributed by atoms with Crippen molar-refractivity contribution < 1.29 is 120 Å². The summed E-state index contributed by atoms with van der Waals surface area (Å²) in [5.41, 5.74) is 33.1. The van der Waals surface area contributed by atoms with E-state index in [0.29, 0.717) is 15.7 Å². The first-order valence-corrected chi connectivity index (χ1v) is 31.3. The van der Waals surface area contributed by atoms with Crippen LogP contribution in [0.25, 0.3) is 10.7 Å². The summed E-state index contributed by atoms with van der Waals surface area (Å²) in [6.07, 6.45) is -25.1. The van der Waals surface area contributed by atoms with E-state index in [2.05, 4.69) is 56.5 Å². The van der Waals surface area contributed by atoms with Crippen LogP contribution in [-0.4, -0.2) is 260 Å². The molecule has 42 nitrogen and oxygen atoms in total. The minimum Gasteiger partial charge on any atom is -0.441 e. The number of amides is 8.